The first-order chi connectivity index (χ1) is 14.6. The zero-order valence-electron chi connectivity index (χ0n) is 16.8. The van der Waals surface area contributed by atoms with Crippen molar-refractivity contribution in [2.75, 3.05) is 10.6 Å². The summed E-state index contributed by atoms with van der Waals surface area (Å²) in [6.45, 7) is 4.66. The van der Waals surface area contributed by atoms with Crippen LogP contribution < -0.4 is 16.0 Å². The fraction of sp³-hybridized carbons (Fsp3) is 0.174. The number of hydrogen-bond acceptors (Lipinski definition) is 6. The van der Waals surface area contributed by atoms with Crippen LogP contribution in [0.15, 0.2) is 66.0 Å². The van der Waals surface area contributed by atoms with Crippen molar-refractivity contribution in [3.8, 4) is 0 Å². The molecule has 0 atom stereocenters. The van der Waals surface area contributed by atoms with Gasteiger partial charge in [0.2, 0.25) is 5.95 Å². The Labute approximate surface area is 179 Å². The van der Waals surface area contributed by atoms with Crippen LogP contribution in [-0.2, 0) is 6.54 Å². The molecule has 152 valence electrons. The summed E-state index contributed by atoms with van der Waals surface area (Å²) in [4.78, 5) is 21.6. The second-order valence-corrected chi connectivity index (χ2v) is 8.12. The molecule has 1 amide bonds. The second-order valence-electron chi connectivity index (χ2n) is 7.20. The summed E-state index contributed by atoms with van der Waals surface area (Å²) in [5.41, 5.74) is 3.39. The molecule has 7 heteroatoms. The summed E-state index contributed by atoms with van der Waals surface area (Å²) >= 11 is 1.62. The number of carbonyl (C=O) groups excluding carboxylic acids is 1. The summed E-state index contributed by atoms with van der Waals surface area (Å²) in [5.74, 6) is 1.24. The van der Waals surface area contributed by atoms with Gasteiger partial charge in [0.05, 0.1) is 10.2 Å². The van der Waals surface area contributed by atoms with Gasteiger partial charge >= 0.3 is 0 Å². The maximum Gasteiger partial charge on any atom is 0.251 e. The first-order valence-corrected chi connectivity index (χ1v) is 10.7. The van der Waals surface area contributed by atoms with Gasteiger partial charge in [-0.3, -0.25) is 4.79 Å². The number of amides is 1. The van der Waals surface area contributed by atoms with Gasteiger partial charge in [-0.1, -0.05) is 30.3 Å². The molecule has 0 aliphatic carbocycles. The van der Waals surface area contributed by atoms with E-state index in [0.717, 1.165) is 27.3 Å². The van der Waals surface area contributed by atoms with Crippen LogP contribution >= 0.6 is 11.3 Å². The van der Waals surface area contributed by atoms with Gasteiger partial charge in [-0.25, -0.2) is 4.98 Å². The second kappa shape index (κ2) is 8.92. The number of fused-ring (bicyclic) bond motifs is 1. The number of thiophene rings is 1. The minimum absolute atomic E-state index is 0.107. The molecule has 6 nitrogen and oxygen atoms in total. The Kier molecular flexibility index (Phi) is 5.90. The largest absolute Gasteiger partial charge is 0.367 e. The van der Waals surface area contributed by atoms with Crippen LogP contribution in [-0.4, -0.2) is 21.9 Å². The van der Waals surface area contributed by atoms with Gasteiger partial charge in [0.25, 0.3) is 5.91 Å². The smallest absolute Gasteiger partial charge is 0.251 e. The summed E-state index contributed by atoms with van der Waals surface area (Å²) in [6, 6.07) is 19.4. The van der Waals surface area contributed by atoms with E-state index in [1.54, 1.807) is 23.5 Å². The molecule has 2 aromatic heterocycles. The molecule has 0 radical (unpaired) electrons. The minimum Gasteiger partial charge on any atom is -0.367 e. The van der Waals surface area contributed by atoms with E-state index in [1.165, 1.54) is 0 Å². The van der Waals surface area contributed by atoms with E-state index >= 15 is 0 Å². The highest BCUT2D eigenvalue weighted by Gasteiger charge is 2.11. The highest BCUT2D eigenvalue weighted by Crippen LogP contribution is 2.28. The third-order valence-electron chi connectivity index (χ3n) is 4.43. The van der Waals surface area contributed by atoms with Gasteiger partial charge in [0.15, 0.2) is 0 Å². The summed E-state index contributed by atoms with van der Waals surface area (Å²) < 4.78 is 1.04. The zero-order valence-corrected chi connectivity index (χ0v) is 17.7. The molecule has 2 aromatic carbocycles. The quantitative estimate of drug-likeness (QED) is 0.386. The van der Waals surface area contributed by atoms with E-state index in [-0.39, 0.29) is 11.9 Å². The van der Waals surface area contributed by atoms with Crippen LogP contribution in [0.1, 0.15) is 29.8 Å². The van der Waals surface area contributed by atoms with Gasteiger partial charge in [0, 0.05) is 23.8 Å². The lowest BCUT2D eigenvalue weighted by atomic mass is 10.2. The van der Waals surface area contributed by atoms with Crippen molar-refractivity contribution < 1.29 is 4.79 Å². The fourth-order valence-electron chi connectivity index (χ4n) is 3.00. The molecule has 2 heterocycles. The van der Waals surface area contributed by atoms with Crippen LogP contribution in [0.2, 0.25) is 0 Å². The molecular weight excluding hydrogens is 394 g/mol. The molecule has 0 bridgehead atoms. The van der Waals surface area contributed by atoms with Crippen molar-refractivity contribution in [1.29, 1.82) is 0 Å². The van der Waals surface area contributed by atoms with Gasteiger partial charge in [-0.05, 0) is 55.1 Å². The van der Waals surface area contributed by atoms with E-state index in [9.17, 15) is 4.79 Å². The number of nitrogens with one attached hydrogen (secondary N) is 3. The first-order valence-electron chi connectivity index (χ1n) is 9.79. The Morgan fingerprint density at radius 2 is 1.77 bits per heavy atom. The predicted octanol–water partition coefficient (Wildman–Crippen LogP) is 5.19. The number of anilines is 3. The average Bonchev–Trinajstić information content (AvgIpc) is 3.22. The summed E-state index contributed by atoms with van der Waals surface area (Å²) in [5, 5.41) is 11.6. The van der Waals surface area contributed by atoms with E-state index in [0.29, 0.717) is 18.1 Å². The number of nitrogens with zero attached hydrogens (tertiary/aromatic N) is 2. The van der Waals surface area contributed by atoms with Crippen molar-refractivity contribution in [2.24, 2.45) is 0 Å². The lowest BCUT2D eigenvalue weighted by Gasteiger charge is -2.12. The molecule has 0 aliphatic heterocycles. The molecule has 30 heavy (non-hydrogen) atoms. The van der Waals surface area contributed by atoms with Crippen LogP contribution in [0, 0.1) is 0 Å². The Hall–Kier alpha value is -3.45. The van der Waals surface area contributed by atoms with Gasteiger partial charge < -0.3 is 16.0 Å². The molecule has 4 aromatic rings. The SMILES string of the molecule is CC(C)Nc1nc(Nc2ccc(C(=O)NCc3ccccc3)cc2)nc2ccsc12. The van der Waals surface area contributed by atoms with E-state index in [4.69, 9.17) is 0 Å². The molecule has 0 saturated heterocycles. The van der Waals surface area contributed by atoms with Crippen LogP contribution in [0.3, 0.4) is 0 Å². The maximum absolute atomic E-state index is 12.4. The van der Waals surface area contributed by atoms with E-state index in [1.807, 2.05) is 53.9 Å². The monoisotopic (exact) mass is 417 g/mol. The number of carbonyl (C=O) groups is 1. The Bertz CT molecular complexity index is 1140. The highest BCUT2D eigenvalue weighted by atomic mass is 32.1. The lowest BCUT2D eigenvalue weighted by molar-refractivity contribution is 0.0951. The normalized spacial score (nSPS) is 10.9. The number of benzene rings is 2. The maximum atomic E-state index is 12.4. The van der Waals surface area contributed by atoms with Crippen LogP contribution in [0.25, 0.3) is 10.2 Å². The molecule has 0 fully saturated rings. The summed E-state index contributed by atoms with van der Waals surface area (Å²) in [6.07, 6.45) is 0. The third kappa shape index (κ3) is 4.75. The molecule has 0 saturated carbocycles. The van der Waals surface area contributed by atoms with Crippen molar-refractivity contribution in [1.82, 2.24) is 15.3 Å². The topological polar surface area (TPSA) is 78.9 Å². The standard InChI is InChI=1S/C23H23N5OS/c1-15(2)25-21-20-19(12-13-30-20)27-23(28-21)26-18-10-8-17(9-11-18)22(29)24-14-16-6-4-3-5-7-16/h3-13,15H,14H2,1-2H3,(H,24,29)(H2,25,26,27,28). The Balaban J connectivity index is 1.45. The Morgan fingerprint density at radius 1 is 1.00 bits per heavy atom. The van der Waals surface area contributed by atoms with Gasteiger partial charge in [-0.2, -0.15) is 4.98 Å². The van der Waals surface area contributed by atoms with Crippen molar-refractivity contribution in [3.63, 3.8) is 0 Å². The number of hydrogen-bond donors (Lipinski definition) is 3. The molecule has 4 rings (SSSR count). The van der Waals surface area contributed by atoms with Crippen molar-refractivity contribution >= 4 is 44.9 Å². The molecule has 0 aliphatic rings. The average molecular weight is 418 g/mol. The van der Waals surface area contributed by atoms with Crippen molar-refractivity contribution in [2.45, 2.75) is 26.4 Å². The summed E-state index contributed by atoms with van der Waals surface area (Å²) in [7, 11) is 0. The van der Waals surface area contributed by atoms with Gasteiger partial charge in [0.1, 0.15) is 5.82 Å². The number of aromatic nitrogens is 2. The van der Waals surface area contributed by atoms with E-state index < -0.39 is 0 Å². The zero-order chi connectivity index (χ0) is 20.9. The van der Waals surface area contributed by atoms with Crippen LogP contribution in [0.4, 0.5) is 17.5 Å². The third-order valence-corrected chi connectivity index (χ3v) is 5.34. The van der Waals surface area contributed by atoms with Gasteiger partial charge in [-0.15, -0.1) is 11.3 Å². The lowest BCUT2D eigenvalue weighted by Crippen LogP contribution is -2.22. The van der Waals surface area contributed by atoms with Crippen LogP contribution in [0.5, 0.6) is 0 Å². The fourth-order valence-corrected chi connectivity index (χ4v) is 3.79. The van der Waals surface area contributed by atoms with E-state index in [2.05, 4.69) is 39.8 Å². The molecular formula is C23H23N5OS. The highest BCUT2D eigenvalue weighted by molar-refractivity contribution is 7.17. The molecule has 3 N–H and O–H groups in total. The molecule has 0 unspecified atom stereocenters. The van der Waals surface area contributed by atoms with Crippen molar-refractivity contribution in [3.05, 3.63) is 77.2 Å². The number of rotatable bonds is 7. The Morgan fingerprint density at radius 3 is 2.50 bits per heavy atom. The minimum atomic E-state index is -0.107. The predicted molar refractivity (Wildman–Crippen MR) is 124 cm³/mol. The molecule has 0 spiro atoms. The first kappa shape index (κ1) is 19.8.